The van der Waals surface area contributed by atoms with Crippen molar-refractivity contribution in [2.75, 3.05) is 42.1 Å². The molecule has 2 fully saturated rings. The molecule has 0 saturated carbocycles. The SMILES string of the molecule is CC(c1ccsc1)N1CCCCC1.N=C(c1ccc(N2CCC(P)CC2)cc1)c1cc(NC=O)ccc1N. The van der Waals surface area contributed by atoms with Crippen molar-refractivity contribution >= 4 is 49.8 Å². The van der Waals surface area contributed by atoms with Crippen LogP contribution in [0.15, 0.2) is 59.3 Å². The minimum Gasteiger partial charge on any atom is -0.398 e. The number of piperidine rings is 2. The van der Waals surface area contributed by atoms with Crippen LogP contribution in [0.1, 0.15) is 61.8 Å². The third-order valence-corrected chi connectivity index (χ3v) is 8.94. The van der Waals surface area contributed by atoms with Crippen LogP contribution in [0.5, 0.6) is 0 Å². The Kier molecular flexibility index (Phi) is 10.3. The summed E-state index contributed by atoms with van der Waals surface area (Å²) in [5.74, 6) is 0. The van der Waals surface area contributed by atoms with Crippen molar-refractivity contribution in [3.8, 4) is 0 Å². The number of likely N-dealkylation sites (tertiary alicyclic amines) is 1. The lowest BCUT2D eigenvalue weighted by molar-refractivity contribution is -0.105. The highest BCUT2D eigenvalue weighted by molar-refractivity contribution is 7.17. The summed E-state index contributed by atoms with van der Waals surface area (Å²) < 4.78 is 0. The molecule has 5 rings (SSSR count). The number of hydrogen-bond acceptors (Lipinski definition) is 6. The number of thiophene rings is 1. The first-order chi connectivity index (χ1) is 18.5. The second kappa shape index (κ2) is 13.9. The van der Waals surface area contributed by atoms with Crippen LogP contribution in [-0.4, -0.2) is 48.9 Å². The molecular weight excluding hydrogens is 509 g/mol. The van der Waals surface area contributed by atoms with E-state index in [-0.39, 0.29) is 0 Å². The fourth-order valence-corrected chi connectivity index (χ4v) is 6.16. The Morgan fingerprint density at radius 2 is 1.79 bits per heavy atom. The van der Waals surface area contributed by atoms with Gasteiger partial charge >= 0.3 is 0 Å². The predicted molar refractivity (Wildman–Crippen MR) is 166 cm³/mol. The number of carbonyl (C=O) groups is 1. The third-order valence-electron chi connectivity index (χ3n) is 7.57. The van der Waals surface area contributed by atoms with E-state index in [2.05, 4.69) is 60.2 Å². The number of nitrogen functional groups attached to an aromatic ring is 1. The van der Waals surface area contributed by atoms with Crippen LogP contribution in [0.3, 0.4) is 0 Å². The summed E-state index contributed by atoms with van der Waals surface area (Å²) in [6.45, 7) is 7.04. The van der Waals surface area contributed by atoms with Gasteiger partial charge in [0.2, 0.25) is 6.41 Å². The van der Waals surface area contributed by atoms with Crippen molar-refractivity contribution in [1.29, 1.82) is 5.41 Å². The zero-order valence-electron chi connectivity index (χ0n) is 22.2. The quantitative estimate of drug-likeness (QED) is 0.138. The van der Waals surface area contributed by atoms with E-state index in [0.717, 1.165) is 24.3 Å². The number of benzene rings is 2. The van der Waals surface area contributed by atoms with Crippen molar-refractivity contribution in [2.24, 2.45) is 0 Å². The topological polar surface area (TPSA) is 85.5 Å². The Balaban J connectivity index is 0.000000216. The van der Waals surface area contributed by atoms with Crippen LogP contribution in [0, 0.1) is 5.41 Å². The van der Waals surface area contributed by atoms with Crippen LogP contribution >= 0.6 is 20.6 Å². The monoisotopic (exact) mass is 549 g/mol. The van der Waals surface area contributed by atoms with Gasteiger partial charge in [0.1, 0.15) is 0 Å². The average Bonchev–Trinajstić information content (AvgIpc) is 3.50. The second-order valence-corrected chi connectivity index (χ2v) is 11.9. The van der Waals surface area contributed by atoms with Gasteiger partial charge in [0.15, 0.2) is 0 Å². The number of rotatable bonds is 7. The molecule has 4 N–H and O–H groups in total. The summed E-state index contributed by atoms with van der Waals surface area (Å²) in [5.41, 5.74) is 12.3. The van der Waals surface area contributed by atoms with E-state index in [4.69, 9.17) is 11.1 Å². The van der Waals surface area contributed by atoms with Crippen LogP contribution in [0.4, 0.5) is 17.1 Å². The molecule has 2 atom stereocenters. The molecule has 0 spiro atoms. The fourth-order valence-electron chi connectivity index (χ4n) is 5.11. The van der Waals surface area contributed by atoms with Gasteiger partial charge in [0.25, 0.3) is 0 Å². The number of carbonyl (C=O) groups excluding carboxylic acids is 1. The van der Waals surface area contributed by atoms with Gasteiger partial charge in [-0.2, -0.15) is 11.3 Å². The van der Waals surface area contributed by atoms with Crippen LogP contribution in [-0.2, 0) is 4.79 Å². The lowest BCUT2D eigenvalue weighted by Crippen LogP contribution is -2.33. The number of hydrogen-bond donors (Lipinski definition) is 3. The van der Waals surface area contributed by atoms with Crippen molar-refractivity contribution in [3.63, 3.8) is 0 Å². The molecule has 2 aliphatic heterocycles. The Labute approximate surface area is 233 Å². The maximum Gasteiger partial charge on any atom is 0.211 e. The zero-order chi connectivity index (χ0) is 26.9. The molecule has 8 heteroatoms. The number of nitrogens with two attached hydrogens (primary N) is 1. The molecule has 3 heterocycles. The summed E-state index contributed by atoms with van der Waals surface area (Å²) in [5, 5.41) is 15.5. The van der Waals surface area contributed by atoms with Crippen LogP contribution < -0.4 is 16.0 Å². The van der Waals surface area contributed by atoms with E-state index in [0.29, 0.717) is 35.1 Å². The van der Waals surface area contributed by atoms with E-state index in [1.54, 1.807) is 29.5 Å². The first kappa shape index (κ1) is 28.3. The van der Waals surface area contributed by atoms with E-state index < -0.39 is 0 Å². The summed E-state index contributed by atoms with van der Waals surface area (Å²) in [6.07, 6.45) is 7.19. The highest BCUT2D eigenvalue weighted by Crippen LogP contribution is 2.27. The fraction of sp³-hybridized carbons (Fsp3) is 0.400. The minimum atomic E-state index is 0.349. The Morgan fingerprint density at radius 3 is 2.42 bits per heavy atom. The Morgan fingerprint density at radius 1 is 1.08 bits per heavy atom. The van der Waals surface area contributed by atoms with Crippen LogP contribution in [0.2, 0.25) is 0 Å². The largest absolute Gasteiger partial charge is 0.398 e. The van der Waals surface area contributed by atoms with E-state index in [1.807, 2.05) is 12.1 Å². The van der Waals surface area contributed by atoms with Gasteiger partial charge in [0, 0.05) is 47.3 Å². The van der Waals surface area contributed by atoms with E-state index >= 15 is 0 Å². The molecule has 2 saturated heterocycles. The smallest absolute Gasteiger partial charge is 0.211 e. The first-order valence-electron chi connectivity index (χ1n) is 13.5. The molecule has 0 bridgehead atoms. The molecule has 0 radical (unpaired) electrons. The first-order valence-corrected chi connectivity index (χ1v) is 15.1. The molecule has 1 amide bonds. The minimum absolute atomic E-state index is 0.349. The molecule has 38 heavy (non-hydrogen) atoms. The van der Waals surface area contributed by atoms with Gasteiger partial charge in [-0.25, -0.2) is 0 Å². The standard InChI is InChI=1S/C19H23N4OP.C11H17NS/c20-18-6-3-14(22-12-24)11-17(18)19(21)13-1-4-15(5-2-13)23-9-7-16(25)8-10-23;1-10(11-5-8-13-9-11)12-6-3-2-4-7-12/h1-6,11-12,16,21H,7-10,20,25H2,(H,22,24);5,8-10H,2-4,6-7H2,1H3. The number of nitrogens with one attached hydrogen (secondary N) is 2. The predicted octanol–water partition coefficient (Wildman–Crippen LogP) is 6.39. The maximum atomic E-state index is 10.6. The van der Waals surface area contributed by atoms with Gasteiger partial charge in [-0.1, -0.05) is 18.6 Å². The molecule has 1 aromatic heterocycles. The van der Waals surface area contributed by atoms with Crippen molar-refractivity contribution in [1.82, 2.24) is 4.90 Å². The Bertz CT molecular complexity index is 1170. The van der Waals surface area contributed by atoms with Gasteiger partial charge in [-0.15, -0.1) is 9.24 Å². The van der Waals surface area contributed by atoms with Crippen molar-refractivity contribution in [2.45, 2.75) is 50.7 Å². The maximum absolute atomic E-state index is 10.6. The number of amides is 1. The highest BCUT2D eigenvalue weighted by Gasteiger charge is 2.18. The summed E-state index contributed by atoms with van der Waals surface area (Å²) in [4.78, 5) is 15.6. The van der Waals surface area contributed by atoms with Gasteiger partial charge in [-0.3, -0.25) is 15.1 Å². The molecular formula is C30H40N5OPS. The van der Waals surface area contributed by atoms with Gasteiger partial charge < -0.3 is 16.0 Å². The highest BCUT2D eigenvalue weighted by atomic mass is 32.1. The van der Waals surface area contributed by atoms with E-state index in [9.17, 15) is 4.79 Å². The normalized spacial score (nSPS) is 17.3. The molecule has 3 aromatic rings. The van der Waals surface area contributed by atoms with Gasteiger partial charge in [0.05, 0.1) is 5.71 Å². The summed E-state index contributed by atoms with van der Waals surface area (Å²) in [7, 11) is 2.91. The summed E-state index contributed by atoms with van der Waals surface area (Å²) >= 11 is 1.81. The molecule has 2 aromatic carbocycles. The van der Waals surface area contributed by atoms with E-state index in [1.165, 1.54) is 56.4 Å². The molecule has 2 aliphatic rings. The lowest BCUT2D eigenvalue weighted by Gasteiger charge is -2.32. The molecule has 202 valence electrons. The Hall–Kier alpha value is -2.73. The third kappa shape index (κ3) is 7.43. The molecule has 0 aliphatic carbocycles. The summed E-state index contributed by atoms with van der Waals surface area (Å²) in [6, 6.07) is 16.1. The number of nitrogens with zero attached hydrogens (tertiary/aromatic N) is 2. The van der Waals surface area contributed by atoms with Crippen molar-refractivity contribution in [3.05, 3.63) is 76.0 Å². The molecule has 6 nitrogen and oxygen atoms in total. The average molecular weight is 550 g/mol. The number of anilines is 3. The zero-order valence-corrected chi connectivity index (χ0v) is 24.2. The second-order valence-electron chi connectivity index (χ2n) is 10.1. The van der Waals surface area contributed by atoms with Crippen molar-refractivity contribution < 1.29 is 4.79 Å². The van der Waals surface area contributed by atoms with Crippen LogP contribution in [0.25, 0.3) is 0 Å². The lowest BCUT2D eigenvalue weighted by atomic mass is 9.99. The van der Waals surface area contributed by atoms with Gasteiger partial charge in [-0.05, 0) is 104 Å². The molecule has 2 unspecified atom stereocenters.